The van der Waals surface area contributed by atoms with Gasteiger partial charge in [0.15, 0.2) is 0 Å². The third kappa shape index (κ3) is 3.56. The number of hydrogen-bond donors (Lipinski definition) is 1. The van der Waals surface area contributed by atoms with Crippen molar-refractivity contribution in [3.05, 3.63) is 52.0 Å². The molecule has 0 unspecified atom stereocenters. The van der Waals surface area contributed by atoms with Crippen LogP contribution >= 0.6 is 0 Å². The van der Waals surface area contributed by atoms with E-state index >= 15 is 0 Å². The lowest BCUT2D eigenvalue weighted by Gasteiger charge is -2.02. The van der Waals surface area contributed by atoms with Crippen LogP contribution in [0, 0.1) is 0 Å². The van der Waals surface area contributed by atoms with Crippen LogP contribution in [0.4, 0.5) is 0 Å². The standard InChI is InChI=1S/C16H17N3O2/c1-2-21-14-7-11(9-17-10-14)3-6-13-8-15(20)19-16(18-13)12-4-5-12/h3,6-10,12H,2,4-5H2,1H3,(H,18,19,20)/b6-3+. The van der Waals surface area contributed by atoms with E-state index in [2.05, 4.69) is 15.0 Å². The number of pyridine rings is 1. The monoisotopic (exact) mass is 283 g/mol. The molecule has 0 saturated heterocycles. The lowest BCUT2D eigenvalue weighted by atomic mass is 10.2. The summed E-state index contributed by atoms with van der Waals surface area (Å²) >= 11 is 0. The number of hydrogen-bond acceptors (Lipinski definition) is 4. The summed E-state index contributed by atoms with van der Waals surface area (Å²) in [6.07, 6.45) is 9.35. The van der Waals surface area contributed by atoms with E-state index in [-0.39, 0.29) is 5.56 Å². The second kappa shape index (κ2) is 5.91. The van der Waals surface area contributed by atoms with Crippen LogP contribution in [0.3, 0.4) is 0 Å². The van der Waals surface area contributed by atoms with E-state index < -0.39 is 0 Å². The molecule has 2 heterocycles. The van der Waals surface area contributed by atoms with Crippen LogP contribution in [-0.2, 0) is 0 Å². The maximum atomic E-state index is 11.6. The Hall–Kier alpha value is -2.43. The first-order valence-electron chi connectivity index (χ1n) is 7.12. The Morgan fingerprint density at radius 3 is 2.95 bits per heavy atom. The van der Waals surface area contributed by atoms with Gasteiger partial charge in [-0.1, -0.05) is 6.08 Å². The highest BCUT2D eigenvalue weighted by molar-refractivity contribution is 5.68. The van der Waals surface area contributed by atoms with Gasteiger partial charge in [0.2, 0.25) is 0 Å². The average Bonchev–Trinajstić information content (AvgIpc) is 3.30. The Labute approximate surface area is 122 Å². The van der Waals surface area contributed by atoms with Crippen molar-refractivity contribution in [2.75, 3.05) is 6.61 Å². The molecule has 0 amide bonds. The Morgan fingerprint density at radius 2 is 2.19 bits per heavy atom. The molecular formula is C16H17N3O2. The van der Waals surface area contributed by atoms with E-state index in [0.29, 0.717) is 18.2 Å². The van der Waals surface area contributed by atoms with Gasteiger partial charge in [0.25, 0.3) is 5.56 Å². The highest BCUT2D eigenvalue weighted by Crippen LogP contribution is 2.37. The van der Waals surface area contributed by atoms with E-state index in [1.165, 1.54) is 6.07 Å². The van der Waals surface area contributed by atoms with Crippen LogP contribution < -0.4 is 10.3 Å². The molecule has 2 aromatic heterocycles. The van der Waals surface area contributed by atoms with Crippen molar-refractivity contribution in [1.82, 2.24) is 15.0 Å². The Balaban J connectivity index is 1.82. The molecule has 5 heteroatoms. The second-order valence-electron chi connectivity index (χ2n) is 5.05. The van der Waals surface area contributed by atoms with E-state index in [4.69, 9.17) is 4.74 Å². The minimum Gasteiger partial charge on any atom is -0.492 e. The van der Waals surface area contributed by atoms with Crippen molar-refractivity contribution in [2.24, 2.45) is 0 Å². The summed E-state index contributed by atoms with van der Waals surface area (Å²) in [4.78, 5) is 23.0. The van der Waals surface area contributed by atoms with Crippen molar-refractivity contribution >= 4 is 12.2 Å². The van der Waals surface area contributed by atoms with Gasteiger partial charge in [-0.25, -0.2) is 4.98 Å². The molecule has 5 nitrogen and oxygen atoms in total. The summed E-state index contributed by atoms with van der Waals surface area (Å²) in [6, 6.07) is 3.41. The topological polar surface area (TPSA) is 67.9 Å². The highest BCUT2D eigenvalue weighted by Gasteiger charge is 2.26. The molecule has 1 aliphatic carbocycles. The summed E-state index contributed by atoms with van der Waals surface area (Å²) in [5, 5.41) is 0. The van der Waals surface area contributed by atoms with Crippen LogP contribution in [0.2, 0.25) is 0 Å². The molecule has 21 heavy (non-hydrogen) atoms. The number of aromatic amines is 1. The van der Waals surface area contributed by atoms with Crippen LogP contribution in [0.1, 0.15) is 42.8 Å². The van der Waals surface area contributed by atoms with E-state index in [1.54, 1.807) is 12.4 Å². The van der Waals surface area contributed by atoms with Gasteiger partial charge in [0, 0.05) is 18.2 Å². The quantitative estimate of drug-likeness (QED) is 0.916. The molecule has 3 rings (SSSR count). The molecule has 1 fully saturated rings. The Kier molecular flexibility index (Phi) is 3.81. The zero-order valence-electron chi connectivity index (χ0n) is 11.9. The van der Waals surface area contributed by atoms with Crippen molar-refractivity contribution in [1.29, 1.82) is 0 Å². The maximum Gasteiger partial charge on any atom is 0.251 e. The fourth-order valence-corrected chi connectivity index (χ4v) is 2.09. The minimum absolute atomic E-state index is 0.104. The SMILES string of the molecule is CCOc1cncc(/C=C/c2cc(=O)[nH]c(C3CC3)n2)c1. The third-order valence-corrected chi connectivity index (χ3v) is 3.24. The molecule has 0 bridgehead atoms. The van der Waals surface area contributed by atoms with Crippen molar-refractivity contribution in [2.45, 2.75) is 25.7 Å². The van der Waals surface area contributed by atoms with Gasteiger partial charge >= 0.3 is 0 Å². The molecule has 1 aliphatic rings. The van der Waals surface area contributed by atoms with Gasteiger partial charge in [0.05, 0.1) is 18.5 Å². The zero-order valence-corrected chi connectivity index (χ0v) is 11.9. The number of nitrogens with zero attached hydrogens (tertiary/aromatic N) is 2. The first-order valence-corrected chi connectivity index (χ1v) is 7.12. The van der Waals surface area contributed by atoms with E-state index in [1.807, 2.05) is 25.1 Å². The Morgan fingerprint density at radius 1 is 1.33 bits per heavy atom. The lowest BCUT2D eigenvalue weighted by molar-refractivity contribution is 0.339. The number of ether oxygens (including phenoxy) is 1. The summed E-state index contributed by atoms with van der Waals surface area (Å²) in [6.45, 7) is 2.54. The van der Waals surface area contributed by atoms with Crippen LogP contribution in [0.25, 0.3) is 12.2 Å². The first kappa shape index (κ1) is 13.5. The summed E-state index contributed by atoms with van der Waals surface area (Å²) in [7, 11) is 0. The third-order valence-electron chi connectivity index (χ3n) is 3.24. The average molecular weight is 283 g/mol. The van der Waals surface area contributed by atoms with Gasteiger partial charge in [-0.15, -0.1) is 0 Å². The number of H-pyrrole nitrogens is 1. The lowest BCUT2D eigenvalue weighted by Crippen LogP contribution is -2.10. The molecule has 0 aromatic carbocycles. The maximum absolute atomic E-state index is 11.6. The normalized spacial score (nSPS) is 14.5. The van der Waals surface area contributed by atoms with Crippen molar-refractivity contribution < 1.29 is 4.74 Å². The second-order valence-corrected chi connectivity index (χ2v) is 5.05. The number of rotatable bonds is 5. The van der Waals surface area contributed by atoms with Gasteiger partial charge < -0.3 is 9.72 Å². The van der Waals surface area contributed by atoms with Crippen LogP contribution in [0.15, 0.2) is 29.3 Å². The Bertz CT molecular complexity index is 717. The fourth-order valence-electron chi connectivity index (χ4n) is 2.09. The molecule has 0 aliphatic heterocycles. The smallest absolute Gasteiger partial charge is 0.251 e. The summed E-state index contributed by atoms with van der Waals surface area (Å²) in [5.41, 5.74) is 1.48. The van der Waals surface area contributed by atoms with Crippen molar-refractivity contribution in [3.8, 4) is 5.75 Å². The largest absolute Gasteiger partial charge is 0.492 e. The van der Waals surface area contributed by atoms with Gasteiger partial charge in [-0.05, 0) is 37.5 Å². The van der Waals surface area contributed by atoms with Gasteiger partial charge in [-0.3, -0.25) is 9.78 Å². The zero-order chi connectivity index (χ0) is 14.7. The van der Waals surface area contributed by atoms with Gasteiger partial charge in [-0.2, -0.15) is 0 Å². The fraction of sp³-hybridized carbons (Fsp3) is 0.312. The molecular weight excluding hydrogens is 266 g/mol. The van der Waals surface area contributed by atoms with E-state index in [9.17, 15) is 4.79 Å². The predicted octanol–water partition coefficient (Wildman–Crippen LogP) is 2.61. The minimum atomic E-state index is -0.104. The molecule has 0 radical (unpaired) electrons. The number of nitrogens with one attached hydrogen (secondary N) is 1. The highest BCUT2D eigenvalue weighted by atomic mass is 16.5. The molecule has 0 atom stereocenters. The number of aromatic nitrogens is 3. The van der Waals surface area contributed by atoms with Crippen LogP contribution in [0.5, 0.6) is 5.75 Å². The van der Waals surface area contributed by atoms with E-state index in [0.717, 1.165) is 30.0 Å². The molecule has 2 aromatic rings. The molecule has 1 saturated carbocycles. The van der Waals surface area contributed by atoms with Crippen LogP contribution in [-0.4, -0.2) is 21.6 Å². The summed E-state index contributed by atoms with van der Waals surface area (Å²) in [5.74, 6) is 1.95. The molecule has 0 spiro atoms. The van der Waals surface area contributed by atoms with Gasteiger partial charge in [0.1, 0.15) is 11.6 Å². The molecule has 108 valence electrons. The molecule has 1 N–H and O–H groups in total. The van der Waals surface area contributed by atoms with Crippen molar-refractivity contribution in [3.63, 3.8) is 0 Å². The predicted molar refractivity (Wildman–Crippen MR) is 81.2 cm³/mol. The first-order chi connectivity index (χ1) is 10.2. The summed E-state index contributed by atoms with van der Waals surface area (Å²) < 4.78 is 5.41.